The van der Waals surface area contributed by atoms with E-state index in [1.165, 1.54) is 37.9 Å². The molecule has 1 N–H and O–H groups in total. The number of piperidine rings is 2. The normalized spacial score (nSPS) is 27.6. The molecule has 0 amide bonds. The molecule has 1 spiro atoms. The lowest BCUT2D eigenvalue weighted by Crippen LogP contribution is -2.49. The Balaban J connectivity index is 1.86. The molecule has 3 heteroatoms. The molecule has 1 aromatic rings. The lowest BCUT2D eigenvalue weighted by atomic mass is 9.63. The third-order valence-corrected chi connectivity index (χ3v) is 5.14. The van der Waals surface area contributed by atoms with Crippen LogP contribution in [0.4, 0.5) is 4.39 Å². The summed E-state index contributed by atoms with van der Waals surface area (Å²) < 4.78 is 13.1. The van der Waals surface area contributed by atoms with E-state index in [0.717, 1.165) is 13.1 Å². The van der Waals surface area contributed by atoms with Crippen LogP contribution in [-0.4, -0.2) is 38.1 Å². The quantitative estimate of drug-likeness (QED) is 0.837. The average molecular weight is 262 g/mol. The molecule has 3 rings (SSSR count). The van der Waals surface area contributed by atoms with Crippen molar-refractivity contribution in [3.63, 3.8) is 0 Å². The van der Waals surface area contributed by atoms with Gasteiger partial charge in [0.05, 0.1) is 0 Å². The maximum atomic E-state index is 13.1. The number of halogens is 1. The first-order chi connectivity index (χ1) is 9.20. The third-order valence-electron chi connectivity index (χ3n) is 5.14. The summed E-state index contributed by atoms with van der Waals surface area (Å²) in [4.78, 5) is 2.43. The Bertz CT molecular complexity index is 421. The van der Waals surface area contributed by atoms with E-state index in [1.54, 1.807) is 12.1 Å². The fourth-order valence-corrected chi connectivity index (χ4v) is 3.80. The number of benzene rings is 1. The van der Waals surface area contributed by atoms with Gasteiger partial charge in [0.25, 0.3) is 0 Å². The van der Waals surface area contributed by atoms with Crippen molar-refractivity contribution in [2.24, 2.45) is 5.41 Å². The van der Waals surface area contributed by atoms with Crippen molar-refractivity contribution >= 4 is 0 Å². The predicted octanol–water partition coefficient (Wildman–Crippen LogP) is 2.61. The van der Waals surface area contributed by atoms with Crippen LogP contribution in [0.3, 0.4) is 0 Å². The van der Waals surface area contributed by atoms with E-state index < -0.39 is 0 Å². The zero-order valence-electron chi connectivity index (χ0n) is 11.7. The number of rotatable bonds is 1. The fraction of sp³-hybridized carbons (Fsp3) is 0.625. The van der Waals surface area contributed by atoms with Crippen LogP contribution in [0.15, 0.2) is 24.3 Å². The number of nitrogens with zero attached hydrogens (tertiary/aromatic N) is 1. The second kappa shape index (κ2) is 5.22. The van der Waals surface area contributed by atoms with Gasteiger partial charge in [-0.2, -0.15) is 0 Å². The molecule has 0 radical (unpaired) electrons. The second-order valence-electron chi connectivity index (χ2n) is 6.22. The minimum atomic E-state index is -0.134. The summed E-state index contributed by atoms with van der Waals surface area (Å²) >= 11 is 0. The van der Waals surface area contributed by atoms with Gasteiger partial charge in [0.15, 0.2) is 0 Å². The van der Waals surface area contributed by atoms with Crippen molar-refractivity contribution < 1.29 is 4.39 Å². The monoisotopic (exact) mass is 262 g/mol. The van der Waals surface area contributed by atoms with Gasteiger partial charge < -0.3 is 10.2 Å². The molecule has 1 atom stereocenters. The van der Waals surface area contributed by atoms with Crippen molar-refractivity contribution in [2.45, 2.75) is 25.2 Å². The molecule has 2 aliphatic heterocycles. The molecule has 19 heavy (non-hydrogen) atoms. The number of likely N-dealkylation sites (tertiary alicyclic amines) is 1. The van der Waals surface area contributed by atoms with E-state index in [4.69, 9.17) is 0 Å². The summed E-state index contributed by atoms with van der Waals surface area (Å²) in [5, 5.41) is 3.52. The van der Waals surface area contributed by atoms with Crippen molar-refractivity contribution in [3.05, 3.63) is 35.6 Å². The maximum Gasteiger partial charge on any atom is 0.123 e. The van der Waals surface area contributed by atoms with Gasteiger partial charge in [-0.05, 0) is 69.1 Å². The molecule has 0 saturated carbocycles. The van der Waals surface area contributed by atoms with Crippen LogP contribution < -0.4 is 5.32 Å². The summed E-state index contributed by atoms with van der Waals surface area (Å²) in [7, 11) is 2.21. The molecule has 2 aliphatic rings. The third kappa shape index (κ3) is 2.54. The van der Waals surface area contributed by atoms with Gasteiger partial charge in [-0.25, -0.2) is 4.39 Å². The Morgan fingerprint density at radius 2 is 1.84 bits per heavy atom. The first kappa shape index (κ1) is 13.1. The van der Waals surface area contributed by atoms with Gasteiger partial charge in [0.2, 0.25) is 0 Å². The zero-order chi connectivity index (χ0) is 13.3. The lowest BCUT2D eigenvalue weighted by Gasteiger charge is -2.49. The van der Waals surface area contributed by atoms with E-state index in [-0.39, 0.29) is 5.82 Å². The van der Waals surface area contributed by atoms with Crippen LogP contribution in [-0.2, 0) is 0 Å². The maximum absolute atomic E-state index is 13.1. The van der Waals surface area contributed by atoms with E-state index in [9.17, 15) is 4.39 Å². The first-order valence-electron chi connectivity index (χ1n) is 7.34. The van der Waals surface area contributed by atoms with E-state index in [2.05, 4.69) is 17.3 Å². The fourth-order valence-electron chi connectivity index (χ4n) is 3.80. The summed E-state index contributed by atoms with van der Waals surface area (Å²) in [6.45, 7) is 4.55. The highest BCUT2D eigenvalue weighted by Gasteiger charge is 2.42. The van der Waals surface area contributed by atoms with Crippen LogP contribution in [0.1, 0.15) is 30.7 Å². The number of hydrogen-bond donors (Lipinski definition) is 1. The molecular formula is C16H23FN2. The molecule has 1 aromatic carbocycles. The molecule has 0 bridgehead atoms. The van der Waals surface area contributed by atoms with Crippen LogP contribution >= 0.6 is 0 Å². The molecule has 0 aliphatic carbocycles. The van der Waals surface area contributed by atoms with Gasteiger partial charge in [-0.15, -0.1) is 0 Å². The van der Waals surface area contributed by atoms with Crippen LogP contribution in [0.2, 0.25) is 0 Å². The highest BCUT2D eigenvalue weighted by atomic mass is 19.1. The Kier molecular flexibility index (Phi) is 3.59. The van der Waals surface area contributed by atoms with E-state index in [0.29, 0.717) is 11.3 Å². The molecular weight excluding hydrogens is 239 g/mol. The largest absolute Gasteiger partial charge is 0.316 e. The predicted molar refractivity (Wildman–Crippen MR) is 75.8 cm³/mol. The van der Waals surface area contributed by atoms with Gasteiger partial charge in [-0.3, -0.25) is 0 Å². The highest BCUT2D eigenvalue weighted by molar-refractivity contribution is 5.25. The van der Waals surface area contributed by atoms with Gasteiger partial charge >= 0.3 is 0 Å². The zero-order valence-corrected chi connectivity index (χ0v) is 11.7. The van der Waals surface area contributed by atoms with Gasteiger partial charge in [-0.1, -0.05) is 12.1 Å². The van der Waals surface area contributed by atoms with Crippen molar-refractivity contribution in [2.75, 3.05) is 33.2 Å². The number of nitrogens with one attached hydrogen (secondary N) is 1. The Labute approximate surface area is 115 Å². The van der Waals surface area contributed by atoms with Crippen LogP contribution in [0.25, 0.3) is 0 Å². The molecule has 0 aromatic heterocycles. The second-order valence-corrected chi connectivity index (χ2v) is 6.22. The molecule has 1 unspecified atom stereocenters. The van der Waals surface area contributed by atoms with Crippen LogP contribution in [0, 0.1) is 11.2 Å². The van der Waals surface area contributed by atoms with E-state index in [1.807, 2.05) is 12.1 Å². The molecule has 2 heterocycles. The van der Waals surface area contributed by atoms with Crippen LogP contribution in [0.5, 0.6) is 0 Å². The first-order valence-corrected chi connectivity index (χ1v) is 7.34. The van der Waals surface area contributed by atoms with Crippen molar-refractivity contribution in [1.29, 1.82) is 0 Å². The summed E-state index contributed by atoms with van der Waals surface area (Å²) in [6, 6.07) is 7.17. The van der Waals surface area contributed by atoms with Gasteiger partial charge in [0.1, 0.15) is 5.82 Å². The molecule has 2 nitrogen and oxygen atoms in total. The molecule has 104 valence electrons. The minimum absolute atomic E-state index is 0.134. The average Bonchev–Trinajstić information content (AvgIpc) is 2.44. The number of hydrogen-bond acceptors (Lipinski definition) is 2. The Morgan fingerprint density at radius 3 is 2.53 bits per heavy atom. The van der Waals surface area contributed by atoms with E-state index >= 15 is 0 Å². The molecule has 2 fully saturated rings. The van der Waals surface area contributed by atoms with Crippen molar-refractivity contribution in [3.8, 4) is 0 Å². The lowest BCUT2D eigenvalue weighted by molar-refractivity contribution is 0.0651. The highest BCUT2D eigenvalue weighted by Crippen LogP contribution is 2.48. The summed E-state index contributed by atoms with van der Waals surface area (Å²) in [5.41, 5.74) is 1.73. The summed E-state index contributed by atoms with van der Waals surface area (Å²) in [6.07, 6.45) is 3.79. The Morgan fingerprint density at radius 1 is 1.16 bits per heavy atom. The minimum Gasteiger partial charge on any atom is -0.316 e. The summed E-state index contributed by atoms with van der Waals surface area (Å²) in [5.74, 6) is 0.403. The molecule has 2 saturated heterocycles. The standard InChI is InChI=1S/C16H23FN2/c1-19-10-7-16(8-11-19)6-9-18-12-15(16)13-2-4-14(17)5-3-13/h2-5,15,18H,6-12H2,1H3. The Hall–Kier alpha value is -0.930. The smallest absolute Gasteiger partial charge is 0.123 e. The van der Waals surface area contributed by atoms with Crippen molar-refractivity contribution in [1.82, 2.24) is 10.2 Å². The SMILES string of the molecule is CN1CCC2(CCNCC2c2ccc(F)cc2)CC1. The topological polar surface area (TPSA) is 15.3 Å². The van der Waals surface area contributed by atoms with Gasteiger partial charge in [0, 0.05) is 12.5 Å².